The lowest BCUT2D eigenvalue weighted by Crippen LogP contribution is -2.19. The van der Waals surface area contributed by atoms with E-state index in [1.54, 1.807) is 7.11 Å². The van der Waals surface area contributed by atoms with Crippen LogP contribution in [0.4, 0.5) is 5.95 Å². The van der Waals surface area contributed by atoms with E-state index in [0.29, 0.717) is 6.04 Å². The zero-order chi connectivity index (χ0) is 13.5. The highest BCUT2D eigenvalue weighted by atomic mass is 16.5. The third-order valence-electron chi connectivity index (χ3n) is 4.26. The van der Waals surface area contributed by atoms with Crippen LogP contribution in [-0.2, 0) is 4.74 Å². The number of aromatic nitrogens is 2. The maximum absolute atomic E-state index is 5.06. The van der Waals surface area contributed by atoms with Crippen molar-refractivity contribution in [3.63, 3.8) is 0 Å². The number of hydrogen-bond acceptors (Lipinski definition) is 3. The van der Waals surface area contributed by atoms with Crippen molar-refractivity contribution in [2.45, 2.75) is 51.5 Å². The van der Waals surface area contributed by atoms with Gasteiger partial charge in [0.1, 0.15) is 0 Å². The molecule has 1 saturated carbocycles. The van der Waals surface area contributed by atoms with Crippen molar-refractivity contribution < 1.29 is 4.74 Å². The number of methoxy groups -OCH3 is 1. The van der Waals surface area contributed by atoms with Gasteiger partial charge in [0.15, 0.2) is 0 Å². The van der Waals surface area contributed by atoms with Crippen molar-refractivity contribution in [3.05, 3.63) is 12.4 Å². The molecule has 0 spiro atoms. The summed E-state index contributed by atoms with van der Waals surface area (Å²) in [4.78, 5) is 4.44. The Balaban J connectivity index is 1.85. The Morgan fingerprint density at radius 3 is 2.84 bits per heavy atom. The van der Waals surface area contributed by atoms with Crippen LogP contribution in [0.2, 0.25) is 0 Å². The predicted molar refractivity (Wildman–Crippen MR) is 78.5 cm³/mol. The number of nitrogens with one attached hydrogen (secondary N) is 1. The summed E-state index contributed by atoms with van der Waals surface area (Å²) >= 11 is 0. The van der Waals surface area contributed by atoms with E-state index in [2.05, 4.69) is 28.0 Å². The molecule has 0 saturated heterocycles. The van der Waals surface area contributed by atoms with Crippen molar-refractivity contribution in [2.75, 3.05) is 25.6 Å². The van der Waals surface area contributed by atoms with Gasteiger partial charge < -0.3 is 14.6 Å². The van der Waals surface area contributed by atoms with Crippen molar-refractivity contribution >= 4 is 5.95 Å². The molecular weight excluding hydrogens is 238 g/mol. The van der Waals surface area contributed by atoms with Crippen LogP contribution >= 0.6 is 0 Å². The Labute approximate surface area is 116 Å². The van der Waals surface area contributed by atoms with Crippen molar-refractivity contribution in [3.8, 4) is 0 Å². The molecular formula is C15H27N3O. The fourth-order valence-corrected chi connectivity index (χ4v) is 2.99. The molecule has 0 bridgehead atoms. The van der Waals surface area contributed by atoms with E-state index in [-0.39, 0.29) is 0 Å². The SMILES string of the molecule is CCC1CCC(n2ccnc2NCCCOC)CC1. The molecule has 1 aromatic heterocycles. The Morgan fingerprint density at radius 2 is 2.16 bits per heavy atom. The first-order chi connectivity index (χ1) is 9.35. The van der Waals surface area contributed by atoms with E-state index >= 15 is 0 Å². The third kappa shape index (κ3) is 3.96. The topological polar surface area (TPSA) is 39.1 Å². The summed E-state index contributed by atoms with van der Waals surface area (Å²) in [5, 5.41) is 3.42. The maximum atomic E-state index is 5.06. The molecule has 0 aromatic carbocycles. The molecule has 2 rings (SSSR count). The lowest BCUT2D eigenvalue weighted by Gasteiger charge is -2.29. The Bertz CT molecular complexity index is 356. The summed E-state index contributed by atoms with van der Waals surface area (Å²) in [5.41, 5.74) is 0. The summed E-state index contributed by atoms with van der Waals surface area (Å²) in [6.45, 7) is 4.04. The molecule has 1 heterocycles. The van der Waals surface area contributed by atoms with Crippen molar-refractivity contribution in [1.82, 2.24) is 9.55 Å². The van der Waals surface area contributed by atoms with Gasteiger partial charge in [-0.2, -0.15) is 0 Å². The smallest absolute Gasteiger partial charge is 0.203 e. The highest BCUT2D eigenvalue weighted by Gasteiger charge is 2.22. The summed E-state index contributed by atoms with van der Waals surface area (Å²) in [6, 6.07) is 0.634. The van der Waals surface area contributed by atoms with Gasteiger partial charge >= 0.3 is 0 Å². The second-order valence-corrected chi connectivity index (χ2v) is 5.51. The van der Waals surface area contributed by atoms with Gasteiger partial charge in [-0.15, -0.1) is 0 Å². The van der Waals surface area contributed by atoms with Gasteiger partial charge in [0.05, 0.1) is 0 Å². The fraction of sp³-hybridized carbons (Fsp3) is 0.800. The second kappa shape index (κ2) is 7.53. The van der Waals surface area contributed by atoms with E-state index in [1.807, 2.05) is 6.20 Å². The molecule has 4 heteroatoms. The van der Waals surface area contributed by atoms with Crippen molar-refractivity contribution in [1.29, 1.82) is 0 Å². The van der Waals surface area contributed by atoms with E-state index < -0.39 is 0 Å². The third-order valence-corrected chi connectivity index (χ3v) is 4.26. The molecule has 108 valence electrons. The summed E-state index contributed by atoms with van der Waals surface area (Å²) in [5.74, 6) is 1.97. The predicted octanol–water partition coefficient (Wildman–Crippen LogP) is 3.47. The van der Waals surface area contributed by atoms with Gasteiger partial charge in [0.2, 0.25) is 5.95 Å². The molecule has 1 fully saturated rings. The van der Waals surface area contributed by atoms with Crippen LogP contribution in [-0.4, -0.2) is 29.8 Å². The van der Waals surface area contributed by atoms with Gasteiger partial charge in [0.25, 0.3) is 0 Å². The van der Waals surface area contributed by atoms with Crippen LogP contribution in [0.25, 0.3) is 0 Å². The lowest BCUT2D eigenvalue weighted by molar-refractivity contribution is 0.197. The van der Waals surface area contributed by atoms with Crippen molar-refractivity contribution in [2.24, 2.45) is 5.92 Å². The Kier molecular flexibility index (Phi) is 5.70. The minimum atomic E-state index is 0.634. The molecule has 1 aliphatic carbocycles. The van der Waals surface area contributed by atoms with E-state index in [9.17, 15) is 0 Å². The minimum Gasteiger partial charge on any atom is -0.385 e. The first-order valence-electron chi connectivity index (χ1n) is 7.60. The van der Waals surface area contributed by atoms with E-state index in [1.165, 1.54) is 32.1 Å². The maximum Gasteiger partial charge on any atom is 0.203 e. The molecule has 4 nitrogen and oxygen atoms in total. The Morgan fingerprint density at radius 1 is 1.37 bits per heavy atom. The highest BCUT2D eigenvalue weighted by Crippen LogP contribution is 2.34. The average molecular weight is 265 g/mol. The number of imidazole rings is 1. The van der Waals surface area contributed by atoms with E-state index in [0.717, 1.165) is 31.4 Å². The lowest BCUT2D eigenvalue weighted by atomic mass is 9.84. The quantitative estimate of drug-likeness (QED) is 0.767. The Hall–Kier alpha value is -1.03. The summed E-state index contributed by atoms with van der Waals surface area (Å²) in [6.07, 6.45) is 11.7. The molecule has 0 aliphatic heterocycles. The highest BCUT2D eigenvalue weighted by molar-refractivity contribution is 5.26. The van der Waals surface area contributed by atoms with Gasteiger partial charge in [-0.25, -0.2) is 4.98 Å². The monoisotopic (exact) mass is 265 g/mol. The molecule has 0 atom stereocenters. The first-order valence-corrected chi connectivity index (χ1v) is 7.60. The van der Waals surface area contributed by atoms with Crippen LogP contribution in [0, 0.1) is 5.92 Å². The van der Waals surface area contributed by atoms with Gasteiger partial charge in [-0.3, -0.25) is 0 Å². The number of nitrogens with zero attached hydrogens (tertiary/aromatic N) is 2. The minimum absolute atomic E-state index is 0.634. The molecule has 19 heavy (non-hydrogen) atoms. The van der Waals surface area contributed by atoms with Crippen LogP contribution in [0.5, 0.6) is 0 Å². The standard InChI is InChI=1S/C15H27N3O/c1-3-13-5-7-14(8-6-13)18-11-10-17-15(18)16-9-4-12-19-2/h10-11,13-14H,3-9,12H2,1-2H3,(H,16,17). The second-order valence-electron chi connectivity index (χ2n) is 5.51. The first kappa shape index (κ1) is 14.4. The summed E-state index contributed by atoms with van der Waals surface area (Å²) < 4.78 is 7.40. The van der Waals surface area contributed by atoms with Gasteiger partial charge in [0, 0.05) is 38.7 Å². The number of anilines is 1. The van der Waals surface area contributed by atoms with Crippen LogP contribution in [0.15, 0.2) is 12.4 Å². The average Bonchev–Trinajstić information content (AvgIpc) is 2.92. The summed E-state index contributed by atoms with van der Waals surface area (Å²) in [7, 11) is 1.74. The zero-order valence-electron chi connectivity index (χ0n) is 12.3. The fourth-order valence-electron chi connectivity index (χ4n) is 2.99. The molecule has 0 radical (unpaired) electrons. The van der Waals surface area contributed by atoms with E-state index in [4.69, 9.17) is 4.74 Å². The molecule has 1 N–H and O–H groups in total. The molecule has 0 unspecified atom stereocenters. The van der Waals surface area contributed by atoms with Crippen LogP contribution in [0.1, 0.15) is 51.5 Å². The largest absolute Gasteiger partial charge is 0.385 e. The molecule has 0 amide bonds. The van der Waals surface area contributed by atoms with Gasteiger partial charge in [-0.1, -0.05) is 13.3 Å². The number of hydrogen-bond donors (Lipinski definition) is 1. The zero-order valence-corrected chi connectivity index (χ0v) is 12.3. The molecule has 1 aliphatic rings. The van der Waals surface area contributed by atoms with Crippen LogP contribution < -0.4 is 5.32 Å². The normalized spacial score (nSPS) is 23.5. The number of ether oxygens (including phenoxy) is 1. The molecule has 1 aromatic rings. The van der Waals surface area contributed by atoms with Crippen LogP contribution in [0.3, 0.4) is 0 Å². The number of rotatable bonds is 7. The van der Waals surface area contributed by atoms with Gasteiger partial charge in [-0.05, 0) is 38.0 Å².